The van der Waals surface area contributed by atoms with Gasteiger partial charge in [0, 0.05) is 23.3 Å². The summed E-state index contributed by atoms with van der Waals surface area (Å²) in [6.07, 6.45) is -2.63. The van der Waals surface area contributed by atoms with Crippen LogP contribution in [0.4, 0.5) is 18.9 Å². The average Bonchev–Trinajstić information content (AvgIpc) is 3.08. The van der Waals surface area contributed by atoms with Crippen molar-refractivity contribution in [2.75, 3.05) is 11.4 Å². The second kappa shape index (κ2) is 4.97. The summed E-state index contributed by atoms with van der Waals surface area (Å²) in [6.45, 7) is -0.761. The van der Waals surface area contributed by atoms with Crippen molar-refractivity contribution in [1.82, 2.24) is 0 Å². The van der Waals surface area contributed by atoms with Gasteiger partial charge in [-0.15, -0.1) is 0 Å². The lowest BCUT2D eigenvalue weighted by molar-refractivity contribution is -0.120. The van der Waals surface area contributed by atoms with Gasteiger partial charge in [-0.2, -0.15) is 13.2 Å². The van der Waals surface area contributed by atoms with Crippen LogP contribution < -0.4 is 10.6 Å². The third-order valence-electron chi connectivity index (χ3n) is 2.91. The van der Waals surface area contributed by atoms with E-state index in [-0.39, 0.29) is 12.6 Å². The number of rotatable bonds is 4. The van der Waals surface area contributed by atoms with Crippen molar-refractivity contribution in [1.29, 1.82) is 0 Å². The highest BCUT2D eigenvalue weighted by Gasteiger charge is 2.38. The van der Waals surface area contributed by atoms with Gasteiger partial charge in [-0.25, -0.2) is 0 Å². The fourth-order valence-corrected chi connectivity index (χ4v) is 2.18. The van der Waals surface area contributed by atoms with Gasteiger partial charge in [0.15, 0.2) is 0 Å². The summed E-state index contributed by atoms with van der Waals surface area (Å²) < 4.78 is 37.8. The summed E-state index contributed by atoms with van der Waals surface area (Å²) in [6, 6.07) is 4.82. The first-order valence-corrected chi connectivity index (χ1v) is 6.10. The Balaban J connectivity index is 2.30. The minimum absolute atomic E-state index is 0.0295. The molecule has 0 radical (unpaired) electrons. The molecule has 1 saturated carbocycles. The Bertz CT molecular complexity index is 430. The van der Waals surface area contributed by atoms with Gasteiger partial charge in [0.25, 0.3) is 0 Å². The van der Waals surface area contributed by atoms with Crippen molar-refractivity contribution in [3.63, 3.8) is 0 Å². The molecule has 18 heavy (non-hydrogen) atoms. The number of alkyl halides is 3. The van der Waals surface area contributed by atoms with Crippen LogP contribution >= 0.6 is 11.6 Å². The fourth-order valence-electron chi connectivity index (χ4n) is 1.99. The highest BCUT2D eigenvalue weighted by molar-refractivity contribution is 6.30. The molecular formula is C12H14ClF3N2. The zero-order chi connectivity index (χ0) is 13.3. The highest BCUT2D eigenvalue weighted by Crippen LogP contribution is 2.36. The maximum atomic E-state index is 12.6. The molecule has 0 amide bonds. The van der Waals surface area contributed by atoms with Crippen molar-refractivity contribution >= 4 is 17.3 Å². The predicted molar refractivity (Wildman–Crippen MR) is 65.8 cm³/mol. The molecule has 0 bridgehead atoms. The lowest BCUT2D eigenvalue weighted by Gasteiger charge is -2.28. The van der Waals surface area contributed by atoms with Crippen LogP contribution in [0.25, 0.3) is 0 Å². The molecule has 6 heteroatoms. The molecular weight excluding hydrogens is 265 g/mol. The third-order valence-corrected chi connectivity index (χ3v) is 3.14. The van der Waals surface area contributed by atoms with Crippen LogP contribution in [0.5, 0.6) is 0 Å². The second-order valence-corrected chi connectivity index (χ2v) is 4.89. The van der Waals surface area contributed by atoms with E-state index in [1.54, 1.807) is 18.2 Å². The van der Waals surface area contributed by atoms with Crippen LogP contribution in [-0.4, -0.2) is 18.8 Å². The first-order chi connectivity index (χ1) is 8.40. The summed E-state index contributed by atoms with van der Waals surface area (Å²) in [5.74, 6) is 0. The molecule has 1 fully saturated rings. The van der Waals surface area contributed by atoms with Gasteiger partial charge in [0.1, 0.15) is 6.54 Å². The predicted octanol–water partition coefficient (Wildman–Crippen LogP) is 3.33. The third kappa shape index (κ3) is 3.29. The first-order valence-electron chi connectivity index (χ1n) is 5.72. The number of benzene rings is 1. The van der Waals surface area contributed by atoms with Crippen molar-refractivity contribution < 1.29 is 13.2 Å². The van der Waals surface area contributed by atoms with Gasteiger partial charge in [-0.3, -0.25) is 0 Å². The topological polar surface area (TPSA) is 29.3 Å². The summed E-state index contributed by atoms with van der Waals surface area (Å²) in [4.78, 5) is 1.39. The van der Waals surface area contributed by atoms with Crippen LogP contribution in [0, 0.1) is 0 Å². The number of halogens is 4. The number of hydrogen-bond donors (Lipinski definition) is 1. The minimum atomic E-state index is -4.21. The molecule has 0 unspecified atom stereocenters. The number of anilines is 1. The quantitative estimate of drug-likeness (QED) is 0.915. The number of nitrogens with two attached hydrogens (primary N) is 1. The lowest BCUT2D eigenvalue weighted by atomic mass is 10.1. The van der Waals surface area contributed by atoms with Crippen LogP contribution in [0.1, 0.15) is 18.4 Å². The minimum Gasteiger partial charge on any atom is -0.359 e. The van der Waals surface area contributed by atoms with E-state index in [0.29, 0.717) is 16.3 Å². The molecule has 2 N–H and O–H groups in total. The molecule has 0 aromatic heterocycles. The maximum absolute atomic E-state index is 12.6. The molecule has 0 spiro atoms. The molecule has 100 valence electrons. The number of nitrogens with zero attached hydrogens (tertiary/aromatic N) is 1. The molecule has 0 aliphatic heterocycles. The smallest absolute Gasteiger partial charge is 0.359 e. The van der Waals surface area contributed by atoms with Crippen LogP contribution in [-0.2, 0) is 6.54 Å². The van der Waals surface area contributed by atoms with Gasteiger partial charge in [-0.05, 0) is 36.6 Å². The summed E-state index contributed by atoms with van der Waals surface area (Å²) in [7, 11) is 0. The fraction of sp³-hybridized carbons (Fsp3) is 0.500. The normalized spacial score (nSPS) is 15.8. The average molecular weight is 279 g/mol. The molecule has 0 atom stereocenters. The summed E-state index contributed by atoms with van der Waals surface area (Å²) in [5, 5.41) is 0.488. The number of hydrogen-bond acceptors (Lipinski definition) is 2. The van der Waals surface area contributed by atoms with Gasteiger partial charge < -0.3 is 10.6 Å². The van der Waals surface area contributed by atoms with Crippen LogP contribution in [0.2, 0.25) is 5.02 Å². The Morgan fingerprint density at radius 2 is 2.00 bits per heavy atom. The lowest BCUT2D eigenvalue weighted by Crippen LogP contribution is -2.36. The molecule has 0 heterocycles. The Hall–Kier alpha value is -0.940. The van der Waals surface area contributed by atoms with Crippen molar-refractivity contribution in [2.24, 2.45) is 5.73 Å². The Labute approximate surface area is 109 Å². The zero-order valence-corrected chi connectivity index (χ0v) is 10.4. The van der Waals surface area contributed by atoms with E-state index in [1.807, 2.05) is 0 Å². The first kappa shape index (κ1) is 13.5. The van der Waals surface area contributed by atoms with E-state index in [4.69, 9.17) is 17.3 Å². The Kier molecular flexibility index (Phi) is 3.73. The monoisotopic (exact) mass is 278 g/mol. The van der Waals surface area contributed by atoms with E-state index in [0.717, 1.165) is 12.8 Å². The molecule has 1 aromatic carbocycles. The Morgan fingerprint density at radius 3 is 2.50 bits per heavy atom. The van der Waals surface area contributed by atoms with E-state index in [1.165, 1.54) is 4.90 Å². The molecule has 0 saturated heterocycles. The van der Waals surface area contributed by atoms with Gasteiger partial charge in [0.2, 0.25) is 0 Å². The molecule has 2 nitrogen and oxygen atoms in total. The van der Waals surface area contributed by atoms with E-state index >= 15 is 0 Å². The van der Waals surface area contributed by atoms with Gasteiger partial charge in [-0.1, -0.05) is 11.6 Å². The molecule has 2 rings (SSSR count). The molecule has 1 aliphatic rings. The summed E-state index contributed by atoms with van der Waals surface area (Å²) in [5.41, 5.74) is 6.77. The van der Waals surface area contributed by atoms with Crippen molar-refractivity contribution in [2.45, 2.75) is 31.6 Å². The largest absolute Gasteiger partial charge is 0.405 e. The van der Waals surface area contributed by atoms with Crippen LogP contribution in [0.3, 0.4) is 0 Å². The molecule has 1 aliphatic carbocycles. The standard InChI is InChI=1S/C12H14ClF3N2/c13-9-1-4-11(8(5-9)6-17)18(10-2-3-10)7-12(14,15)16/h1,4-5,10H,2-3,6-7,17H2. The second-order valence-electron chi connectivity index (χ2n) is 4.45. The van der Waals surface area contributed by atoms with Crippen molar-refractivity contribution in [3.05, 3.63) is 28.8 Å². The maximum Gasteiger partial charge on any atom is 0.405 e. The Morgan fingerprint density at radius 1 is 1.33 bits per heavy atom. The summed E-state index contributed by atoms with van der Waals surface area (Å²) >= 11 is 5.83. The SMILES string of the molecule is NCc1cc(Cl)ccc1N(CC(F)(F)F)C1CC1. The zero-order valence-electron chi connectivity index (χ0n) is 9.67. The van der Waals surface area contributed by atoms with E-state index < -0.39 is 12.7 Å². The van der Waals surface area contributed by atoms with E-state index in [2.05, 4.69) is 0 Å². The highest BCUT2D eigenvalue weighted by atomic mass is 35.5. The van der Waals surface area contributed by atoms with Gasteiger partial charge >= 0.3 is 6.18 Å². The van der Waals surface area contributed by atoms with Crippen LogP contribution in [0.15, 0.2) is 18.2 Å². The van der Waals surface area contributed by atoms with Crippen molar-refractivity contribution in [3.8, 4) is 0 Å². The molecule has 1 aromatic rings. The van der Waals surface area contributed by atoms with Gasteiger partial charge in [0.05, 0.1) is 0 Å². The van der Waals surface area contributed by atoms with E-state index in [9.17, 15) is 13.2 Å².